The van der Waals surface area contributed by atoms with Gasteiger partial charge in [-0.3, -0.25) is 0 Å². The Morgan fingerprint density at radius 2 is 1.75 bits per heavy atom. The maximum Gasteiger partial charge on any atom is 0.0899 e. The van der Waals surface area contributed by atoms with Gasteiger partial charge in [-0.15, -0.1) is 0 Å². The van der Waals surface area contributed by atoms with E-state index in [1.54, 1.807) is 0 Å². The maximum atomic E-state index is 10.7. The van der Waals surface area contributed by atoms with Crippen LogP contribution in [0.4, 0.5) is 0 Å². The predicted molar refractivity (Wildman–Crippen MR) is 81.5 cm³/mol. The molecule has 0 saturated heterocycles. The van der Waals surface area contributed by atoms with Crippen LogP contribution in [-0.2, 0) is 0 Å². The highest BCUT2D eigenvalue weighted by Crippen LogP contribution is 2.40. The van der Waals surface area contributed by atoms with Crippen molar-refractivity contribution in [1.29, 1.82) is 0 Å². The number of aliphatic hydroxyl groups is 1. The summed E-state index contributed by atoms with van der Waals surface area (Å²) in [6, 6.07) is 16.3. The van der Waals surface area contributed by atoms with Crippen LogP contribution in [0.2, 0.25) is 0 Å². The zero-order valence-corrected chi connectivity index (χ0v) is 11.0. The van der Waals surface area contributed by atoms with Gasteiger partial charge in [-0.1, -0.05) is 48.6 Å². The first-order chi connectivity index (χ1) is 9.84. The van der Waals surface area contributed by atoms with Crippen molar-refractivity contribution >= 4 is 17.0 Å². The first-order valence-electron chi connectivity index (χ1n) is 6.86. The van der Waals surface area contributed by atoms with E-state index in [-0.39, 0.29) is 5.92 Å². The topological polar surface area (TPSA) is 36.0 Å². The quantitative estimate of drug-likeness (QED) is 0.682. The summed E-state index contributed by atoms with van der Waals surface area (Å²) in [5, 5.41) is 11.9. The van der Waals surface area contributed by atoms with Crippen molar-refractivity contribution in [2.75, 3.05) is 0 Å². The van der Waals surface area contributed by atoms with Crippen molar-refractivity contribution in [3.63, 3.8) is 0 Å². The number of aromatic nitrogens is 1. The molecule has 0 radical (unpaired) electrons. The van der Waals surface area contributed by atoms with Crippen molar-refractivity contribution in [3.05, 3.63) is 77.5 Å². The van der Waals surface area contributed by atoms with Gasteiger partial charge in [0, 0.05) is 23.0 Å². The van der Waals surface area contributed by atoms with Gasteiger partial charge in [0.1, 0.15) is 0 Å². The van der Waals surface area contributed by atoms with E-state index in [0.717, 1.165) is 16.6 Å². The molecule has 20 heavy (non-hydrogen) atoms. The fourth-order valence-electron chi connectivity index (χ4n) is 3.11. The second-order valence-corrected chi connectivity index (χ2v) is 5.24. The van der Waals surface area contributed by atoms with E-state index < -0.39 is 6.10 Å². The van der Waals surface area contributed by atoms with Gasteiger partial charge >= 0.3 is 0 Å². The summed E-state index contributed by atoms with van der Waals surface area (Å²) >= 11 is 0. The van der Waals surface area contributed by atoms with Crippen molar-refractivity contribution in [3.8, 4) is 0 Å². The van der Waals surface area contributed by atoms with E-state index in [0.29, 0.717) is 0 Å². The molecular weight excluding hydrogens is 246 g/mol. The number of aromatic amines is 1. The molecular formula is C18H15NO. The van der Waals surface area contributed by atoms with E-state index in [1.807, 2.05) is 36.5 Å². The zero-order chi connectivity index (χ0) is 13.5. The number of aliphatic hydroxyl groups excluding tert-OH is 1. The van der Waals surface area contributed by atoms with Crippen molar-refractivity contribution in [1.82, 2.24) is 4.98 Å². The van der Waals surface area contributed by atoms with Crippen LogP contribution in [0.3, 0.4) is 0 Å². The minimum absolute atomic E-state index is 0.00407. The Morgan fingerprint density at radius 3 is 2.70 bits per heavy atom. The van der Waals surface area contributed by atoms with E-state index in [1.165, 1.54) is 10.9 Å². The number of hydrogen-bond donors (Lipinski definition) is 2. The molecule has 0 fully saturated rings. The van der Waals surface area contributed by atoms with Crippen LogP contribution in [0.15, 0.2) is 60.8 Å². The van der Waals surface area contributed by atoms with Crippen LogP contribution < -0.4 is 0 Å². The second kappa shape index (κ2) is 4.36. The number of rotatable bonds is 1. The van der Waals surface area contributed by atoms with Gasteiger partial charge in [0.2, 0.25) is 0 Å². The summed E-state index contributed by atoms with van der Waals surface area (Å²) in [6.07, 6.45) is 5.67. The van der Waals surface area contributed by atoms with Crippen molar-refractivity contribution in [2.45, 2.75) is 12.0 Å². The lowest BCUT2D eigenvalue weighted by Crippen LogP contribution is -2.13. The molecule has 0 saturated carbocycles. The summed E-state index contributed by atoms with van der Waals surface area (Å²) in [5.74, 6) is 0.00407. The van der Waals surface area contributed by atoms with Gasteiger partial charge < -0.3 is 10.1 Å². The first-order valence-corrected chi connectivity index (χ1v) is 6.86. The van der Waals surface area contributed by atoms with Crippen molar-refractivity contribution in [2.24, 2.45) is 0 Å². The number of benzene rings is 2. The first kappa shape index (κ1) is 11.5. The summed E-state index contributed by atoms with van der Waals surface area (Å²) in [5.41, 5.74) is 4.40. The molecule has 1 aromatic heterocycles. The molecule has 2 aromatic carbocycles. The van der Waals surface area contributed by atoms with Crippen molar-refractivity contribution < 1.29 is 5.11 Å². The molecule has 0 amide bonds. The highest BCUT2D eigenvalue weighted by atomic mass is 16.3. The largest absolute Gasteiger partial charge is 0.387 e. The van der Waals surface area contributed by atoms with E-state index in [9.17, 15) is 5.11 Å². The molecule has 1 aliphatic carbocycles. The monoisotopic (exact) mass is 261 g/mol. The molecule has 98 valence electrons. The fraction of sp³-hybridized carbons (Fsp3) is 0.111. The van der Waals surface area contributed by atoms with Gasteiger partial charge in [-0.25, -0.2) is 0 Å². The van der Waals surface area contributed by atoms with Crippen LogP contribution >= 0.6 is 0 Å². The lowest BCUT2D eigenvalue weighted by molar-refractivity contribution is 0.161. The molecule has 1 aliphatic rings. The fourth-order valence-corrected chi connectivity index (χ4v) is 3.11. The molecule has 4 rings (SSSR count). The Labute approximate surface area is 117 Å². The molecule has 0 aliphatic heterocycles. The highest BCUT2D eigenvalue weighted by molar-refractivity contribution is 5.84. The summed E-state index contributed by atoms with van der Waals surface area (Å²) in [4.78, 5) is 3.23. The molecule has 2 N–H and O–H groups in total. The molecule has 1 heterocycles. The van der Waals surface area contributed by atoms with Gasteiger partial charge in [-0.05, 0) is 28.8 Å². The standard InChI is InChI=1S/C18H15NO/c20-18-13-5-2-1-4-12(13)8-9-16(18)14-6-3-7-17-15(14)10-11-19-17/h1-11,16,18-20H/t16-,18+/m0/s1. The highest BCUT2D eigenvalue weighted by Gasteiger charge is 2.26. The Balaban J connectivity index is 1.87. The van der Waals surface area contributed by atoms with Gasteiger partial charge in [0.05, 0.1) is 6.10 Å². The van der Waals surface area contributed by atoms with E-state index in [2.05, 4.69) is 35.3 Å². The van der Waals surface area contributed by atoms with Gasteiger partial charge in [0.25, 0.3) is 0 Å². The van der Waals surface area contributed by atoms with Crippen LogP contribution in [0, 0.1) is 0 Å². The predicted octanol–water partition coefficient (Wildman–Crippen LogP) is 4.01. The molecule has 2 nitrogen and oxygen atoms in total. The number of nitrogens with one attached hydrogen (secondary N) is 1. The number of hydrogen-bond acceptors (Lipinski definition) is 1. The van der Waals surface area contributed by atoms with E-state index in [4.69, 9.17) is 0 Å². The van der Waals surface area contributed by atoms with Gasteiger partial charge in [-0.2, -0.15) is 0 Å². The molecule has 2 heteroatoms. The molecule has 3 aromatic rings. The Hall–Kier alpha value is -2.32. The molecule has 0 unspecified atom stereocenters. The van der Waals surface area contributed by atoms with Gasteiger partial charge in [0.15, 0.2) is 0 Å². The SMILES string of the molecule is O[C@@H]1c2ccccc2C=C[C@H]1c1cccc2[nH]ccc12. The average molecular weight is 261 g/mol. The molecule has 0 bridgehead atoms. The third kappa shape index (κ3) is 1.62. The molecule has 2 atom stereocenters. The second-order valence-electron chi connectivity index (χ2n) is 5.24. The average Bonchev–Trinajstić information content (AvgIpc) is 2.97. The van der Waals surface area contributed by atoms with E-state index >= 15 is 0 Å². The lowest BCUT2D eigenvalue weighted by atomic mass is 9.81. The third-order valence-corrected chi connectivity index (χ3v) is 4.13. The minimum atomic E-state index is -0.489. The smallest absolute Gasteiger partial charge is 0.0899 e. The summed E-state index contributed by atoms with van der Waals surface area (Å²) in [6.45, 7) is 0. The normalized spacial score (nSPS) is 21.1. The van der Waals surface area contributed by atoms with Crippen LogP contribution in [-0.4, -0.2) is 10.1 Å². The number of fused-ring (bicyclic) bond motifs is 2. The number of H-pyrrole nitrogens is 1. The Kier molecular flexibility index (Phi) is 2.51. The Morgan fingerprint density at radius 1 is 0.900 bits per heavy atom. The minimum Gasteiger partial charge on any atom is -0.387 e. The van der Waals surface area contributed by atoms with Crippen LogP contribution in [0.5, 0.6) is 0 Å². The summed E-state index contributed by atoms with van der Waals surface area (Å²) in [7, 11) is 0. The van der Waals surface area contributed by atoms with Crippen LogP contribution in [0.1, 0.15) is 28.7 Å². The zero-order valence-electron chi connectivity index (χ0n) is 11.0. The molecule has 0 spiro atoms. The third-order valence-electron chi connectivity index (χ3n) is 4.13. The maximum absolute atomic E-state index is 10.7. The van der Waals surface area contributed by atoms with Crippen LogP contribution in [0.25, 0.3) is 17.0 Å². The Bertz CT molecular complexity index is 800. The lowest BCUT2D eigenvalue weighted by Gasteiger charge is -2.26. The summed E-state index contributed by atoms with van der Waals surface area (Å²) < 4.78 is 0.